The van der Waals surface area contributed by atoms with Crippen molar-refractivity contribution in [2.75, 3.05) is 84.6 Å². The first-order chi connectivity index (χ1) is 48.1. The number of nitrogens with zero attached hydrogens (tertiary/aromatic N) is 12. The molecule has 502 valence electrons. The number of aliphatic imine (C=N–C) groups is 2. The zero-order valence-electron chi connectivity index (χ0n) is 53.1. The van der Waals surface area contributed by atoms with Crippen molar-refractivity contribution in [3.63, 3.8) is 0 Å². The van der Waals surface area contributed by atoms with Crippen molar-refractivity contribution in [3.8, 4) is 23.0 Å². The lowest BCUT2D eigenvalue weighted by Crippen LogP contribution is -2.53. The van der Waals surface area contributed by atoms with Gasteiger partial charge < -0.3 is 44.3 Å². The predicted molar refractivity (Wildman–Crippen MR) is 371 cm³/mol. The number of ether oxygens (including phenoxy) is 4. The molecule has 22 nitrogen and oxygen atoms in total. The van der Waals surface area contributed by atoms with Crippen LogP contribution >= 0.6 is 45.9 Å². The fourth-order valence-electron chi connectivity index (χ4n) is 12.7. The standard InChI is InChI=1S/C36H31ClFN7O4S.C35H29ClFN7O4S/c1-39-24-6-10-27(11-7-24)49-26-8-3-22(4-9-26)18-44-20-25-19-43(14-15-45(25)36(44)47)21-30-31(35(46)48-2)32(28-12-5-23(38)17-29(28)37)42-33(41-30)34-40-13-16-50-34;1-38-22-4-8-25(9-5-22)48-26-10-6-23(7-11-26)44-19-24-18-42(14-15-43(24)35(44)46)20-29-30(34(45)47-2)31(27-12-3-21(37)17-28(27)36)41-32(40-29)33-39-13-16-49-33/h3-13,16-17,25,32H,14-15,18-21H2,2H3,(H,41,42);3-13,16-17,24,31H,14-15,18-20H2,2H3,(H,40,41)/t25-,32-;24-,31-/m00/s1. The van der Waals surface area contributed by atoms with Crippen molar-refractivity contribution in [1.82, 2.24) is 45.1 Å². The normalized spacial score (nSPS) is 19.2. The van der Waals surface area contributed by atoms with Gasteiger partial charge in [0.15, 0.2) is 33.1 Å². The molecule has 8 aromatic rings. The number of nitrogens with one attached hydrogen (secondary N) is 2. The van der Waals surface area contributed by atoms with E-state index in [1.807, 2.05) is 74.0 Å². The topological polar surface area (TPSA) is 208 Å². The van der Waals surface area contributed by atoms with E-state index in [-0.39, 0.29) is 45.3 Å². The van der Waals surface area contributed by atoms with Crippen LogP contribution in [0.2, 0.25) is 10.0 Å². The van der Waals surface area contributed by atoms with Crippen LogP contribution < -0.4 is 25.0 Å². The smallest absolute Gasteiger partial charge is 0.338 e. The zero-order valence-corrected chi connectivity index (χ0v) is 56.2. The second kappa shape index (κ2) is 29.6. The van der Waals surface area contributed by atoms with Gasteiger partial charge in [0.2, 0.25) is 0 Å². The number of esters is 2. The van der Waals surface area contributed by atoms with Crippen molar-refractivity contribution in [2.45, 2.75) is 30.7 Å². The Morgan fingerprint density at radius 1 is 0.566 bits per heavy atom. The zero-order chi connectivity index (χ0) is 68.8. The van der Waals surface area contributed by atoms with Crippen molar-refractivity contribution in [3.05, 3.63) is 250 Å². The predicted octanol–water partition coefficient (Wildman–Crippen LogP) is 12.8. The maximum Gasteiger partial charge on any atom is 0.338 e. The number of methoxy groups -OCH3 is 2. The number of thiazole rings is 2. The Bertz CT molecular complexity index is 4590. The molecular weight excluding hydrogens is 1350 g/mol. The van der Waals surface area contributed by atoms with Gasteiger partial charge in [-0.2, -0.15) is 0 Å². The number of urea groups is 2. The highest BCUT2D eigenvalue weighted by Gasteiger charge is 2.44. The number of hydrogen-bond donors (Lipinski definition) is 2. The molecule has 4 saturated heterocycles. The van der Waals surface area contributed by atoms with Crippen LogP contribution in [0.3, 0.4) is 0 Å². The number of carbonyl (C=O) groups is 4. The van der Waals surface area contributed by atoms with E-state index in [0.29, 0.717) is 151 Å². The van der Waals surface area contributed by atoms with Crippen LogP contribution in [0.5, 0.6) is 23.0 Å². The Hall–Kier alpha value is -10.6. The maximum atomic E-state index is 14.0. The number of fused-ring (bicyclic) bond motifs is 2. The first kappa shape index (κ1) is 67.0. The first-order valence-corrected chi connectivity index (χ1v) is 33.7. The summed E-state index contributed by atoms with van der Waals surface area (Å²) in [6.07, 6.45) is 3.34. The van der Waals surface area contributed by atoms with E-state index >= 15 is 0 Å². The summed E-state index contributed by atoms with van der Waals surface area (Å²) in [5.74, 6) is 1.33. The Morgan fingerprint density at radius 2 is 1.00 bits per heavy atom. The fourth-order valence-corrected chi connectivity index (χ4v) is 14.4. The average molecular weight is 1410 g/mol. The number of aromatic nitrogens is 2. The third-order valence-corrected chi connectivity index (χ3v) is 19.6. The van der Waals surface area contributed by atoms with Gasteiger partial charge in [0.1, 0.15) is 46.7 Å². The van der Waals surface area contributed by atoms with Crippen LogP contribution in [0, 0.1) is 24.8 Å². The quantitative estimate of drug-likeness (QED) is 0.0642. The third-order valence-electron chi connectivity index (χ3n) is 17.4. The molecule has 4 amide bonds. The number of hydrogen-bond acceptors (Lipinski definition) is 18. The van der Waals surface area contributed by atoms with Gasteiger partial charge in [0.05, 0.1) is 50.6 Å². The lowest BCUT2D eigenvalue weighted by atomic mass is 9.95. The van der Waals surface area contributed by atoms with Crippen molar-refractivity contribution in [1.29, 1.82) is 0 Å². The number of halogens is 4. The molecule has 0 aliphatic carbocycles. The summed E-state index contributed by atoms with van der Waals surface area (Å²) in [6, 6.07) is 34.9. The summed E-state index contributed by atoms with van der Waals surface area (Å²) in [6.45, 7) is 19.7. The summed E-state index contributed by atoms with van der Waals surface area (Å²) < 4.78 is 50.3. The second-order valence-electron chi connectivity index (χ2n) is 23.6. The Morgan fingerprint density at radius 3 is 1.42 bits per heavy atom. The molecule has 0 unspecified atom stereocenters. The van der Waals surface area contributed by atoms with Gasteiger partial charge in [-0.15, -0.1) is 22.7 Å². The molecule has 0 bridgehead atoms. The van der Waals surface area contributed by atoms with Gasteiger partial charge in [-0.25, -0.2) is 47.6 Å². The SMILES string of the molecule is [C-]#[N+]c1ccc(Oc2ccc(CN3C[C@@H]4CN(CC5=C(C(=O)OC)[C@H](c6ccc(F)cc6Cl)N=C(c6nccs6)N5)CCN4C3=O)cc2)cc1.[C-]#[N+]c1ccc(Oc2ccc(N3C[C@@H]4CN(CC5=C(C(=O)OC)[C@H](c6ccc(F)cc6Cl)N=C(c6nccs6)N5)CCN4C3=O)cc2)cc1. The van der Waals surface area contributed by atoms with E-state index in [9.17, 15) is 28.0 Å². The number of benzene rings is 6. The second-order valence-corrected chi connectivity index (χ2v) is 26.2. The summed E-state index contributed by atoms with van der Waals surface area (Å²) >= 11 is 15.8. The number of amidine groups is 2. The van der Waals surface area contributed by atoms with Gasteiger partial charge in [-0.1, -0.05) is 71.7 Å². The van der Waals surface area contributed by atoms with E-state index in [0.717, 1.165) is 11.3 Å². The Kier molecular flexibility index (Phi) is 20.1. The Balaban J connectivity index is 0.000000178. The van der Waals surface area contributed by atoms with Crippen LogP contribution in [-0.4, -0.2) is 162 Å². The van der Waals surface area contributed by atoms with Gasteiger partial charge in [0.25, 0.3) is 0 Å². The van der Waals surface area contributed by atoms with Crippen LogP contribution in [0.1, 0.15) is 38.8 Å². The lowest BCUT2D eigenvalue weighted by Gasteiger charge is -2.38. The van der Waals surface area contributed by atoms with E-state index in [1.165, 1.54) is 73.3 Å². The molecule has 0 spiro atoms. The molecule has 6 aliphatic rings. The van der Waals surface area contributed by atoms with Gasteiger partial charge in [0, 0.05) is 133 Å². The van der Waals surface area contributed by atoms with Gasteiger partial charge >= 0.3 is 24.0 Å². The summed E-state index contributed by atoms with van der Waals surface area (Å²) in [5.41, 5.74) is 5.47. The number of carbonyl (C=O) groups excluding carboxylic acids is 4. The highest BCUT2D eigenvalue weighted by molar-refractivity contribution is 7.12. The van der Waals surface area contributed by atoms with Crippen LogP contribution in [0.4, 0.5) is 35.4 Å². The number of amides is 4. The van der Waals surface area contributed by atoms with Crippen molar-refractivity contribution < 1.29 is 46.9 Å². The molecule has 28 heteroatoms. The monoisotopic (exact) mass is 1410 g/mol. The molecule has 14 rings (SSSR count). The lowest BCUT2D eigenvalue weighted by molar-refractivity contribution is -0.137. The summed E-state index contributed by atoms with van der Waals surface area (Å²) in [7, 11) is 2.62. The van der Waals surface area contributed by atoms with Crippen molar-refractivity contribution >= 4 is 98.6 Å². The number of anilines is 1. The number of rotatable bonds is 17. The highest BCUT2D eigenvalue weighted by Crippen LogP contribution is 2.40. The molecule has 4 fully saturated rings. The van der Waals surface area contributed by atoms with Crippen LogP contribution in [0.25, 0.3) is 9.69 Å². The summed E-state index contributed by atoms with van der Waals surface area (Å²) in [5, 5.41) is 11.9. The van der Waals surface area contributed by atoms with E-state index in [4.69, 9.17) is 65.3 Å². The molecule has 0 radical (unpaired) electrons. The average Bonchev–Trinajstić information content (AvgIpc) is 1.70. The first-order valence-electron chi connectivity index (χ1n) is 31.2. The molecule has 6 aromatic carbocycles. The maximum absolute atomic E-state index is 14.0. The third kappa shape index (κ3) is 14.8. The Labute approximate surface area is 585 Å². The largest absolute Gasteiger partial charge is 0.466 e. The molecular formula is C71H60Cl2F2N14O8S2. The van der Waals surface area contributed by atoms with Crippen molar-refractivity contribution in [2.24, 2.45) is 9.98 Å². The molecule has 0 saturated carbocycles. The molecule has 2 N–H and O–H groups in total. The van der Waals surface area contributed by atoms with E-state index < -0.39 is 35.7 Å². The minimum atomic E-state index is -0.856. The van der Waals surface area contributed by atoms with E-state index in [2.05, 4.69) is 40.1 Å². The molecule has 99 heavy (non-hydrogen) atoms. The fraction of sp³-hybridized carbons (Fsp3) is 0.239. The minimum Gasteiger partial charge on any atom is -0.466 e. The molecule has 8 heterocycles. The van der Waals surface area contributed by atoms with Crippen LogP contribution in [0.15, 0.2) is 189 Å². The molecule has 6 aliphatic heterocycles. The van der Waals surface area contributed by atoms with Crippen LogP contribution in [-0.2, 0) is 25.6 Å². The highest BCUT2D eigenvalue weighted by atomic mass is 35.5. The molecule has 2 aromatic heterocycles. The minimum absolute atomic E-state index is 0.00987. The summed E-state index contributed by atoms with van der Waals surface area (Å²) in [4.78, 5) is 90.7. The van der Waals surface area contributed by atoms with Gasteiger partial charge in [-0.05, 0) is 90.5 Å². The molecule has 4 atom stereocenters. The number of piperazine rings is 2. The van der Waals surface area contributed by atoms with Gasteiger partial charge in [-0.3, -0.25) is 24.7 Å². The van der Waals surface area contributed by atoms with E-state index in [1.54, 1.807) is 65.8 Å².